The third kappa shape index (κ3) is 5.19. The molecule has 6 nitrogen and oxygen atoms in total. The molecular weight excluding hydrogens is 354 g/mol. The number of benzene rings is 2. The van der Waals surface area contributed by atoms with E-state index in [0.29, 0.717) is 0 Å². The van der Waals surface area contributed by atoms with Gasteiger partial charge in [-0.3, -0.25) is 14.5 Å². The van der Waals surface area contributed by atoms with Crippen LogP contribution in [0.4, 0.5) is 4.79 Å². The lowest BCUT2D eigenvalue weighted by atomic mass is 10.1. The minimum absolute atomic E-state index is 0.0136. The highest BCUT2D eigenvalue weighted by molar-refractivity contribution is 6.05. The van der Waals surface area contributed by atoms with Crippen LogP contribution >= 0.6 is 0 Å². The van der Waals surface area contributed by atoms with Gasteiger partial charge in [-0.25, -0.2) is 4.79 Å². The fraction of sp³-hybridized carbons (Fsp3) is 0.318. The minimum atomic E-state index is -0.808. The average Bonchev–Trinajstić information content (AvgIpc) is 2.95. The molecular formula is C22H25N3O3. The van der Waals surface area contributed by atoms with Crippen LogP contribution in [-0.2, 0) is 22.6 Å². The molecule has 0 aliphatic carbocycles. The van der Waals surface area contributed by atoms with Crippen LogP contribution < -0.4 is 10.6 Å². The molecule has 0 saturated carbocycles. The first kappa shape index (κ1) is 19.6. The molecule has 6 heteroatoms. The number of aryl methyl sites for hydroxylation is 1. The normalized spacial score (nSPS) is 17.3. The van der Waals surface area contributed by atoms with Crippen LogP contribution in [0.5, 0.6) is 0 Å². The van der Waals surface area contributed by atoms with Crippen molar-refractivity contribution < 1.29 is 14.4 Å². The summed E-state index contributed by atoms with van der Waals surface area (Å²) < 4.78 is 0. The first-order chi connectivity index (χ1) is 13.5. The van der Waals surface area contributed by atoms with Gasteiger partial charge < -0.3 is 10.6 Å². The molecule has 1 fully saturated rings. The van der Waals surface area contributed by atoms with Crippen molar-refractivity contribution in [3.63, 3.8) is 0 Å². The van der Waals surface area contributed by atoms with Gasteiger partial charge in [-0.15, -0.1) is 0 Å². The molecule has 2 N–H and O–H groups in total. The number of urea groups is 1. The number of hydrogen-bond acceptors (Lipinski definition) is 3. The van der Waals surface area contributed by atoms with Gasteiger partial charge in [0.2, 0.25) is 5.91 Å². The standard InChI is InChI=1S/C22H25N3O3/c1-16(12-13-17-8-4-2-5-9-17)23-20(26)14-19-21(27)25(22(28)24-19)15-18-10-6-3-7-11-18/h2-11,16,19H,12-15H2,1H3,(H,23,26)(H,24,28). The summed E-state index contributed by atoms with van der Waals surface area (Å²) in [6.07, 6.45) is 1.62. The molecule has 28 heavy (non-hydrogen) atoms. The van der Waals surface area contributed by atoms with Crippen LogP contribution in [0.15, 0.2) is 60.7 Å². The topological polar surface area (TPSA) is 78.5 Å². The third-order valence-electron chi connectivity index (χ3n) is 4.80. The number of carbonyl (C=O) groups is 3. The summed E-state index contributed by atoms with van der Waals surface area (Å²) in [4.78, 5) is 38.1. The summed E-state index contributed by atoms with van der Waals surface area (Å²) in [6.45, 7) is 2.15. The van der Waals surface area contributed by atoms with Crippen LogP contribution in [0.25, 0.3) is 0 Å². The molecule has 2 aromatic rings. The molecule has 2 unspecified atom stereocenters. The number of nitrogens with zero attached hydrogens (tertiary/aromatic N) is 1. The van der Waals surface area contributed by atoms with E-state index in [2.05, 4.69) is 22.8 Å². The fourth-order valence-corrected chi connectivity index (χ4v) is 3.25. The molecule has 0 bridgehead atoms. The maximum Gasteiger partial charge on any atom is 0.325 e. The van der Waals surface area contributed by atoms with Gasteiger partial charge in [0.05, 0.1) is 13.0 Å². The third-order valence-corrected chi connectivity index (χ3v) is 4.80. The zero-order chi connectivity index (χ0) is 19.9. The first-order valence-corrected chi connectivity index (χ1v) is 9.52. The van der Waals surface area contributed by atoms with Crippen molar-refractivity contribution in [1.29, 1.82) is 0 Å². The van der Waals surface area contributed by atoms with Crippen molar-refractivity contribution in [2.75, 3.05) is 0 Å². The van der Waals surface area contributed by atoms with Gasteiger partial charge in [0.1, 0.15) is 6.04 Å². The van der Waals surface area contributed by atoms with E-state index in [0.717, 1.165) is 23.3 Å². The Hall–Kier alpha value is -3.15. The summed E-state index contributed by atoms with van der Waals surface area (Å²) in [5.41, 5.74) is 2.09. The zero-order valence-corrected chi connectivity index (χ0v) is 15.9. The Bertz CT molecular complexity index is 823. The second-order valence-corrected chi connectivity index (χ2v) is 7.11. The maximum absolute atomic E-state index is 12.5. The van der Waals surface area contributed by atoms with Crippen molar-refractivity contribution in [2.24, 2.45) is 0 Å². The van der Waals surface area contributed by atoms with E-state index in [-0.39, 0.29) is 30.8 Å². The van der Waals surface area contributed by atoms with Crippen molar-refractivity contribution in [2.45, 2.75) is 44.8 Å². The van der Waals surface area contributed by atoms with E-state index in [1.54, 1.807) is 0 Å². The number of hydrogen-bond donors (Lipinski definition) is 2. The van der Waals surface area contributed by atoms with E-state index in [4.69, 9.17) is 0 Å². The molecule has 146 valence electrons. The molecule has 0 aromatic heterocycles. The molecule has 0 radical (unpaired) electrons. The lowest BCUT2D eigenvalue weighted by Gasteiger charge is -2.16. The van der Waals surface area contributed by atoms with Gasteiger partial charge in [0.15, 0.2) is 0 Å². The van der Waals surface area contributed by atoms with E-state index in [9.17, 15) is 14.4 Å². The van der Waals surface area contributed by atoms with Crippen molar-refractivity contribution in [3.8, 4) is 0 Å². The summed E-state index contributed by atoms with van der Waals surface area (Å²) in [7, 11) is 0. The summed E-state index contributed by atoms with van der Waals surface area (Å²) >= 11 is 0. The number of amides is 4. The smallest absolute Gasteiger partial charge is 0.325 e. The minimum Gasteiger partial charge on any atom is -0.354 e. The van der Waals surface area contributed by atoms with Crippen molar-refractivity contribution >= 4 is 17.8 Å². The lowest BCUT2D eigenvalue weighted by Crippen LogP contribution is -2.39. The van der Waals surface area contributed by atoms with Gasteiger partial charge in [0, 0.05) is 6.04 Å². The van der Waals surface area contributed by atoms with Gasteiger partial charge in [-0.2, -0.15) is 0 Å². The molecule has 2 atom stereocenters. The maximum atomic E-state index is 12.5. The van der Waals surface area contributed by atoms with Crippen LogP contribution in [0.1, 0.15) is 30.9 Å². The predicted octanol–water partition coefficient (Wildman–Crippen LogP) is 2.63. The Morgan fingerprint density at radius 3 is 2.29 bits per heavy atom. The molecule has 1 saturated heterocycles. The monoisotopic (exact) mass is 379 g/mol. The number of carbonyl (C=O) groups excluding carboxylic acids is 3. The van der Waals surface area contributed by atoms with E-state index in [1.165, 1.54) is 5.56 Å². The fourth-order valence-electron chi connectivity index (χ4n) is 3.25. The van der Waals surface area contributed by atoms with Gasteiger partial charge in [-0.1, -0.05) is 60.7 Å². The second-order valence-electron chi connectivity index (χ2n) is 7.11. The summed E-state index contributed by atoms with van der Waals surface area (Å²) in [5, 5.41) is 5.53. The highest BCUT2D eigenvalue weighted by Gasteiger charge is 2.39. The molecule has 2 aromatic carbocycles. The van der Waals surface area contributed by atoms with Crippen LogP contribution in [0, 0.1) is 0 Å². The van der Waals surface area contributed by atoms with Gasteiger partial charge in [-0.05, 0) is 30.9 Å². The van der Waals surface area contributed by atoms with E-state index < -0.39 is 12.1 Å². The van der Waals surface area contributed by atoms with Crippen molar-refractivity contribution in [1.82, 2.24) is 15.5 Å². The first-order valence-electron chi connectivity index (χ1n) is 9.52. The Labute approximate surface area is 164 Å². The highest BCUT2D eigenvalue weighted by atomic mass is 16.2. The number of nitrogens with one attached hydrogen (secondary N) is 2. The number of imide groups is 1. The Balaban J connectivity index is 1.47. The second kappa shape index (κ2) is 9.17. The Morgan fingerprint density at radius 2 is 1.64 bits per heavy atom. The summed E-state index contributed by atoms with van der Waals surface area (Å²) in [6, 6.07) is 18.1. The lowest BCUT2D eigenvalue weighted by molar-refractivity contribution is -0.131. The quantitative estimate of drug-likeness (QED) is 0.692. The highest BCUT2D eigenvalue weighted by Crippen LogP contribution is 2.14. The van der Waals surface area contributed by atoms with Gasteiger partial charge >= 0.3 is 6.03 Å². The van der Waals surface area contributed by atoms with E-state index >= 15 is 0 Å². The van der Waals surface area contributed by atoms with Crippen LogP contribution in [0.2, 0.25) is 0 Å². The van der Waals surface area contributed by atoms with Crippen LogP contribution in [-0.4, -0.2) is 34.8 Å². The molecule has 4 amide bonds. The molecule has 0 spiro atoms. The van der Waals surface area contributed by atoms with Crippen LogP contribution in [0.3, 0.4) is 0 Å². The van der Waals surface area contributed by atoms with Crippen molar-refractivity contribution in [3.05, 3.63) is 71.8 Å². The predicted molar refractivity (Wildman–Crippen MR) is 106 cm³/mol. The molecule has 1 heterocycles. The summed E-state index contributed by atoms with van der Waals surface area (Å²) in [5.74, 6) is -0.596. The number of rotatable bonds is 8. The Kier molecular flexibility index (Phi) is 6.42. The molecule has 3 rings (SSSR count). The zero-order valence-electron chi connectivity index (χ0n) is 15.9. The molecule has 1 aliphatic rings. The van der Waals surface area contributed by atoms with E-state index in [1.807, 2.05) is 55.5 Å². The SMILES string of the molecule is CC(CCc1ccccc1)NC(=O)CC1NC(=O)N(Cc2ccccc2)C1=O. The largest absolute Gasteiger partial charge is 0.354 e. The van der Waals surface area contributed by atoms with Gasteiger partial charge in [0.25, 0.3) is 5.91 Å². The average molecular weight is 379 g/mol. The molecule has 1 aliphatic heterocycles. The Morgan fingerprint density at radius 1 is 1.04 bits per heavy atom.